The summed E-state index contributed by atoms with van der Waals surface area (Å²) in [6.45, 7) is 0. The van der Waals surface area contributed by atoms with Crippen LogP contribution in [0.25, 0.3) is 0 Å². The summed E-state index contributed by atoms with van der Waals surface area (Å²) < 4.78 is 34.1. The van der Waals surface area contributed by atoms with E-state index in [2.05, 4.69) is 0 Å². The van der Waals surface area contributed by atoms with Crippen LogP contribution in [0.1, 0.15) is 0 Å². The normalized spacial score (nSPS) is 8.29. The van der Waals surface area contributed by atoms with E-state index in [1.54, 1.807) is 0 Å². The summed E-state index contributed by atoms with van der Waals surface area (Å²) in [6.07, 6.45) is 0. The van der Waals surface area contributed by atoms with Gasteiger partial charge < -0.3 is 15.3 Å². The van der Waals surface area contributed by atoms with Crippen LogP contribution in [0.2, 0.25) is 0 Å². The van der Waals surface area contributed by atoms with Gasteiger partial charge in [0.1, 0.15) is 0 Å². The predicted molar refractivity (Wildman–Crippen MR) is 21.3 cm³/mol. The summed E-state index contributed by atoms with van der Waals surface area (Å²) in [6, 6.07) is 0. The first-order valence-corrected chi connectivity index (χ1v) is 2.00. The Bertz CT molecular complexity index is 94.9. The van der Waals surface area contributed by atoms with Crippen LogP contribution in [0.5, 0.6) is 0 Å². The van der Waals surface area contributed by atoms with Crippen LogP contribution < -0.4 is 6.15 Å². The first-order valence-electron chi connectivity index (χ1n) is 0.667. The van der Waals surface area contributed by atoms with Crippen molar-refractivity contribution in [1.29, 1.82) is 0 Å². The van der Waals surface area contributed by atoms with Crippen molar-refractivity contribution in [3.8, 4) is 0 Å². The van der Waals surface area contributed by atoms with E-state index in [0.29, 0.717) is 0 Å². The average Bonchev–Trinajstić information content (AvgIpc) is 0.722. The van der Waals surface area contributed by atoms with E-state index in [-0.39, 0.29) is 23.5 Å². The van der Waals surface area contributed by atoms with Crippen LogP contribution in [0.15, 0.2) is 0 Å². The molecule has 7 heavy (non-hydrogen) atoms. The fourth-order valence-corrected chi connectivity index (χ4v) is 0. The van der Waals surface area contributed by atoms with Crippen molar-refractivity contribution in [1.82, 2.24) is 6.15 Å². The zero-order valence-electron chi connectivity index (χ0n) is 3.33. The molecule has 0 unspecified atom stereocenters. The number of hydrogen-bond donors (Lipinski definition) is 1. The molecule has 0 bridgehead atoms. The fourth-order valence-electron chi connectivity index (χ4n) is 0. The molecule has 40 valence electrons. The van der Waals surface area contributed by atoms with Crippen molar-refractivity contribution in [3.63, 3.8) is 0 Å². The summed E-state index contributed by atoms with van der Waals surface area (Å²) in [5.74, 6) is 0. The predicted octanol–water partition coefficient (Wildman–Crippen LogP) is -1.56. The van der Waals surface area contributed by atoms with Crippen LogP contribution in [0, 0.1) is 0 Å². The maximum atomic E-state index is 8.52. The van der Waals surface area contributed by atoms with Gasteiger partial charge in [0.25, 0.3) is 0 Å². The van der Waals surface area contributed by atoms with E-state index in [0.717, 1.165) is 0 Å². The minimum absolute atomic E-state index is 0. The van der Waals surface area contributed by atoms with Crippen molar-refractivity contribution in [2.75, 3.05) is 0 Å². The molecule has 0 amide bonds. The first-order chi connectivity index (χ1) is 2.00. The van der Waals surface area contributed by atoms with E-state index in [9.17, 15) is 0 Å². The third kappa shape index (κ3) is 922. The SMILES string of the molecule is N.O=S(=O)([O-])[O-].[Al+3]. The second-order valence-corrected chi connectivity index (χ2v) is 1.22. The molecule has 0 aromatic carbocycles. The second-order valence-electron chi connectivity index (χ2n) is 0.408. The molecular formula is H3AlNO4S+. The van der Waals surface area contributed by atoms with Crippen molar-refractivity contribution in [3.05, 3.63) is 0 Å². The molecule has 0 rings (SSSR count). The Hall–Kier alpha value is 0.362. The first kappa shape index (κ1) is 15.7. The minimum atomic E-state index is -5.17. The summed E-state index contributed by atoms with van der Waals surface area (Å²) in [7, 11) is -5.17. The Labute approximate surface area is 52.0 Å². The standard InChI is InChI=1S/Al.H3N.H2O4S/c;;1-5(2,3)4/h;1H3;(H2,1,2,3,4)/q+3;;/p-2. The van der Waals surface area contributed by atoms with Gasteiger partial charge >= 0.3 is 17.4 Å². The van der Waals surface area contributed by atoms with Crippen molar-refractivity contribution in [2.24, 2.45) is 0 Å². The summed E-state index contributed by atoms with van der Waals surface area (Å²) in [5, 5.41) is 0. The van der Waals surface area contributed by atoms with Crippen molar-refractivity contribution in [2.45, 2.75) is 0 Å². The van der Waals surface area contributed by atoms with Crippen LogP contribution in [0.3, 0.4) is 0 Å². The van der Waals surface area contributed by atoms with Gasteiger partial charge in [-0.25, -0.2) is 0 Å². The Balaban J connectivity index is -0.0000000800. The molecule has 0 spiro atoms. The fraction of sp³-hybridized carbons (Fsp3) is 0. The molecule has 0 aromatic rings. The van der Waals surface area contributed by atoms with Crippen LogP contribution in [-0.4, -0.2) is 34.9 Å². The van der Waals surface area contributed by atoms with Gasteiger partial charge in [0.2, 0.25) is 0 Å². The molecule has 0 atom stereocenters. The Morgan fingerprint density at radius 1 is 1.14 bits per heavy atom. The number of rotatable bonds is 0. The third-order valence-corrected chi connectivity index (χ3v) is 0. The largest absolute Gasteiger partial charge is 3.00 e. The average molecular weight is 140 g/mol. The van der Waals surface area contributed by atoms with Gasteiger partial charge in [-0.2, -0.15) is 0 Å². The van der Waals surface area contributed by atoms with E-state index in [1.165, 1.54) is 0 Å². The Morgan fingerprint density at radius 3 is 1.14 bits per heavy atom. The van der Waals surface area contributed by atoms with E-state index >= 15 is 0 Å². The molecule has 0 radical (unpaired) electrons. The Morgan fingerprint density at radius 2 is 1.14 bits per heavy atom. The molecule has 3 N–H and O–H groups in total. The van der Waals surface area contributed by atoms with E-state index in [4.69, 9.17) is 17.5 Å². The Kier molecular flexibility index (Phi) is 10.1. The quantitative estimate of drug-likeness (QED) is 0.248. The van der Waals surface area contributed by atoms with Gasteiger partial charge in [-0.3, -0.25) is 8.42 Å². The van der Waals surface area contributed by atoms with Gasteiger partial charge in [-0.1, -0.05) is 0 Å². The molecule has 0 aliphatic heterocycles. The zero-order valence-corrected chi connectivity index (χ0v) is 5.30. The molecule has 5 nitrogen and oxygen atoms in total. The van der Waals surface area contributed by atoms with Gasteiger partial charge in [0, 0.05) is 10.4 Å². The molecule has 0 aliphatic carbocycles. The molecule has 7 heteroatoms. The van der Waals surface area contributed by atoms with Gasteiger partial charge in [0.15, 0.2) is 0 Å². The molecule has 0 saturated heterocycles. The smallest absolute Gasteiger partial charge is 0.759 e. The maximum absolute atomic E-state index is 8.52. The van der Waals surface area contributed by atoms with Crippen LogP contribution in [-0.2, 0) is 10.4 Å². The van der Waals surface area contributed by atoms with Gasteiger partial charge in [-0.05, 0) is 0 Å². The topological polar surface area (TPSA) is 115 Å². The molecule has 0 aliphatic rings. The minimum Gasteiger partial charge on any atom is -0.759 e. The molecular weight excluding hydrogens is 137 g/mol. The van der Waals surface area contributed by atoms with Crippen LogP contribution in [0.4, 0.5) is 0 Å². The molecule has 0 saturated carbocycles. The van der Waals surface area contributed by atoms with Crippen LogP contribution >= 0.6 is 0 Å². The molecule has 0 heterocycles. The van der Waals surface area contributed by atoms with Gasteiger partial charge in [-0.15, -0.1) is 0 Å². The molecule has 0 aromatic heterocycles. The third-order valence-electron chi connectivity index (χ3n) is 0. The monoisotopic (exact) mass is 140 g/mol. The summed E-state index contributed by atoms with van der Waals surface area (Å²) >= 11 is 0. The summed E-state index contributed by atoms with van der Waals surface area (Å²) in [5.41, 5.74) is 0. The van der Waals surface area contributed by atoms with Crippen molar-refractivity contribution < 1.29 is 17.5 Å². The van der Waals surface area contributed by atoms with E-state index in [1.807, 2.05) is 0 Å². The van der Waals surface area contributed by atoms with Gasteiger partial charge in [0.05, 0.1) is 0 Å². The van der Waals surface area contributed by atoms with Crippen molar-refractivity contribution >= 4 is 27.8 Å². The number of hydrogen-bond acceptors (Lipinski definition) is 5. The zero-order chi connectivity index (χ0) is 4.50. The second kappa shape index (κ2) is 4.52. The molecule has 0 fully saturated rings. The maximum Gasteiger partial charge on any atom is 3.00 e. The summed E-state index contributed by atoms with van der Waals surface area (Å²) in [4.78, 5) is 0. The van der Waals surface area contributed by atoms with E-state index < -0.39 is 10.4 Å².